The van der Waals surface area contributed by atoms with Crippen LogP contribution in [0.2, 0.25) is 0 Å². The van der Waals surface area contributed by atoms with Crippen molar-refractivity contribution in [3.63, 3.8) is 0 Å². The average molecular weight is 180 g/mol. The maximum absolute atomic E-state index is 5.92. The van der Waals surface area contributed by atoms with Crippen molar-refractivity contribution in [2.75, 3.05) is 0 Å². The van der Waals surface area contributed by atoms with Crippen molar-refractivity contribution in [2.45, 2.75) is 51.1 Å². The molecule has 0 amide bonds. The van der Waals surface area contributed by atoms with E-state index in [1.54, 1.807) is 5.57 Å². The Morgan fingerprint density at radius 1 is 1.38 bits per heavy atom. The second-order valence-corrected chi connectivity index (χ2v) is 4.81. The Labute approximate surface area is 78.9 Å². The number of ether oxygens (including phenoxy) is 2. The van der Waals surface area contributed by atoms with Gasteiger partial charge < -0.3 is 9.47 Å². The average Bonchev–Trinajstić information content (AvgIpc) is 2.58. The van der Waals surface area contributed by atoms with E-state index in [0.717, 1.165) is 6.42 Å². The van der Waals surface area contributed by atoms with Crippen LogP contribution in [0.25, 0.3) is 0 Å². The van der Waals surface area contributed by atoms with Crippen LogP contribution in [-0.2, 0) is 9.47 Å². The van der Waals surface area contributed by atoms with Gasteiger partial charge in [-0.1, -0.05) is 11.6 Å². The summed E-state index contributed by atoms with van der Waals surface area (Å²) in [5.41, 5.74) is 1.59. The first-order valence-corrected chi connectivity index (χ1v) is 5.20. The maximum Gasteiger partial charge on any atom is 0.163 e. The normalized spacial score (nSPS) is 46.0. The zero-order valence-electron chi connectivity index (χ0n) is 8.25. The first kappa shape index (κ1) is 8.01. The highest BCUT2D eigenvalue weighted by Crippen LogP contribution is 2.48. The molecule has 0 aromatic carbocycles. The van der Waals surface area contributed by atoms with Crippen LogP contribution in [0, 0.1) is 5.92 Å². The summed E-state index contributed by atoms with van der Waals surface area (Å²) in [6.07, 6.45) is 6.69. The van der Waals surface area contributed by atoms with Gasteiger partial charge in [0, 0.05) is 5.92 Å². The van der Waals surface area contributed by atoms with Gasteiger partial charge in [0.25, 0.3) is 0 Å². The SMILES string of the molecule is CC1(C)O[C@H]2[C@H](CC3=CCC[C@H]32)O1. The number of fused-ring (bicyclic) bond motifs is 3. The molecule has 0 aromatic rings. The highest BCUT2D eigenvalue weighted by Gasteiger charge is 2.51. The minimum atomic E-state index is -0.344. The zero-order valence-corrected chi connectivity index (χ0v) is 8.25. The third kappa shape index (κ3) is 1.09. The van der Waals surface area contributed by atoms with Crippen LogP contribution in [0.15, 0.2) is 11.6 Å². The Morgan fingerprint density at radius 3 is 3.08 bits per heavy atom. The third-order valence-corrected chi connectivity index (χ3v) is 3.42. The third-order valence-electron chi connectivity index (χ3n) is 3.42. The molecule has 2 nitrogen and oxygen atoms in total. The van der Waals surface area contributed by atoms with Crippen LogP contribution in [0.4, 0.5) is 0 Å². The Hall–Kier alpha value is -0.340. The molecule has 0 radical (unpaired) electrons. The molecule has 0 aromatic heterocycles. The summed E-state index contributed by atoms with van der Waals surface area (Å²) in [4.78, 5) is 0. The lowest BCUT2D eigenvalue weighted by Crippen LogP contribution is -2.24. The van der Waals surface area contributed by atoms with Crippen LogP contribution < -0.4 is 0 Å². The summed E-state index contributed by atoms with van der Waals surface area (Å²) in [5, 5.41) is 0. The highest BCUT2D eigenvalue weighted by atomic mass is 16.8. The van der Waals surface area contributed by atoms with Crippen molar-refractivity contribution in [2.24, 2.45) is 5.92 Å². The largest absolute Gasteiger partial charge is 0.344 e. The van der Waals surface area contributed by atoms with Gasteiger partial charge in [0.15, 0.2) is 5.79 Å². The van der Waals surface area contributed by atoms with Gasteiger partial charge in [-0.15, -0.1) is 0 Å². The van der Waals surface area contributed by atoms with E-state index in [1.165, 1.54) is 12.8 Å². The van der Waals surface area contributed by atoms with Crippen LogP contribution in [0.3, 0.4) is 0 Å². The fourth-order valence-electron chi connectivity index (χ4n) is 2.99. The van der Waals surface area contributed by atoms with E-state index in [4.69, 9.17) is 9.47 Å². The molecule has 3 atom stereocenters. The van der Waals surface area contributed by atoms with E-state index in [2.05, 4.69) is 6.08 Å². The van der Waals surface area contributed by atoms with Crippen molar-refractivity contribution in [1.82, 2.24) is 0 Å². The molecule has 1 saturated heterocycles. The molecule has 13 heavy (non-hydrogen) atoms. The monoisotopic (exact) mass is 180 g/mol. The molecule has 2 aliphatic carbocycles. The number of hydrogen-bond donors (Lipinski definition) is 0. The second-order valence-electron chi connectivity index (χ2n) is 4.81. The molecule has 0 unspecified atom stereocenters. The molecule has 72 valence electrons. The summed E-state index contributed by atoms with van der Waals surface area (Å²) in [7, 11) is 0. The van der Waals surface area contributed by atoms with E-state index in [0.29, 0.717) is 18.1 Å². The van der Waals surface area contributed by atoms with Crippen LogP contribution in [-0.4, -0.2) is 18.0 Å². The lowest BCUT2D eigenvalue weighted by Gasteiger charge is -2.20. The van der Waals surface area contributed by atoms with Gasteiger partial charge in [-0.25, -0.2) is 0 Å². The topological polar surface area (TPSA) is 18.5 Å². The fraction of sp³-hybridized carbons (Fsp3) is 0.818. The van der Waals surface area contributed by atoms with Gasteiger partial charge in [0.05, 0.1) is 12.2 Å². The first-order chi connectivity index (χ1) is 6.16. The molecule has 3 rings (SSSR count). The van der Waals surface area contributed by atoms with Gasteiger partial charge in [-0.05, 0) is 33.1 Å². The quantitative estimate of drug-likeness (QED) is 0.532. The Bertz CT molecular complexity index is 267. The predicted molar refractivity (Wildman–Crippen MR) is 49.2 cm³/mol. The second kappa shape index (κ2) is 2.37. The molecular weight excluding hydrogens is 164 g/mol. The van der Waals surface area contributed by atoms with E-state index in [9.17, 15) is 0 Å². The maximum atomic E-state index is 5.92. The molecule has 3 aliphatic rings. The molecule has 1 saturated carbocycles. The van der Waals surface area contributed by atoms with E-state index >= 15 is 0 Å². The highest BCUT2D eigenvalue weighted by molar-refractivity contribution is 5.23. The fourth-order valence-corrected chi connectivity index (χ4v) is 2.99. The van der Waals surface area contributed by atoms with Gasteiger partial charge in [0.2, 0.25) is 0 Å². The molecule has 1 aliphatic heterocycles. The predicted octanol–water partition coefficient (Wildman–Crippen LogP) is 2.25. The Balaban J connectivity index is 1.86. The molecule has 0 N–H and O–H groups in total. The number of allylic oxidation sites excluding steroid dienone is 1. The van der Waals surface area contributed by atoms with Gasteiger partial charge in [0.1, 0.15) is 0 Å². The smallest absolute Gasteiger partial charge is 0.163 e. The van der Waals surface area contributed by atoms with Crippen LogP contribution in [0.5, 0.6) is 0 Å². The van der Waals surface area contributed by atoms with E-state index in [-0.39, 0.29) is 5.79 Å². The minimum Gasteiger partial charge on any atom is -0.344 e. The molecule has 1 heterocycles. The van der Waals surface area contributed by atoms with Crippen molar-refractivity contribution in [3.8, 4) is 0 Å². The Morgan fingerprint density at radius 2 is 2.23 bits per heavy atom. The summed E-state index contributed by atoms with van der Waals surface area (Å²) >= 11 is 0. The van der Waals surface area contributed by atoms with Crippen molar-refractivity contribution in [3.05, 3.63) is 11.6 Å². The molecule has 0 bridgehead atoms. The van der Waals surface area contributed by atoms with Gasteiger partial charge >= 0.3 is 0 Å². The van der Waals surface area contributed by atoms with Crippen molar-refractivity contribution >= 4 is 0 Å². The van der Waals surface area contributed by atoms with Crippen molar-refractivity contribution in [1.29, 1.82) is 0 Å². The van der Waals surface area contributed by atoms with Crippen LogP contribution in [0.1, 0.15) is 33.1 Å². The van der Waals surface area contributed by atoms with E-state index < -0.39 is 0 Å². The molecule has 0 spiro atoms. The molecule has 2 heteroatoms. The minimum absolute atomic E-state index is 0.339. The van der Waals surface area contributed by atoms with Gasteiger partial charge in [-0.2, -0.15) is 0 Å². The lowest BCUT2D eigenvalue weighted by molar-refractivity contribution is -0.152. The van der Waals surface area contributed by atoms with Crippen molar-refractivity contribution < 1.29 is 9.47 Å². The summed E-state index contributed by atoms with van der Waals surface area (Å²) in [6, 6.07) is 0. The number of rotatable bonds is 0. The summed E-state index contributed by atoms with van der Waals surface area (Å²) in [6.45, 7) is 4.04. The molecule has 2 fully saturated rings. The molecular formula is C11H16O2. The number of hydrogen-bond acceptors (Lipinski definition) is 2. The van der Waals surface area contributed by atoms with Crippen LogP contribution >= 0.6 is 0 Å². The lowest BCUT2D eigenvalue weighted by atomic mass is 10.0. The Kier molecular flexibility index (Phi) is 1.46. The van der Waals surface area contributed by atoms with Gasteiger partial charge in [-0.3, -0.25) is 0 Å². The standard InChI is InChI=1S/C11H16O2/c1-11(2)12-9-6-7-4-3-5-8(7)10(9)13-11/h4,8-10H,3,5-6H2,1-2H3/t8-,9+,10-/m1/s1. The zero-order chi connectivity index (χ0) is 9.05. The summed E-state index contributed by atoms with van der Waals surface area (Å²) in [5.74, 6) is 0.329. The van der Waals surface area contributed by atoms with E-state index in [1.807, 2.05) is 13.8 Å². The first-order valence-electron chi connectivity index (χ1n) is 5.20. The summed E-state index contributed by atoms with van der Waals surface area (Å²) < 4.78 is 11.8.